The maximum atomic E-state index is 10.4. The van der Waals surface area contributed by atoms with Gasteiger partial charge in [0.25, 0.3) is 0 Å². The lowest BCUT2D eigenvalue weighted by atomic mass is 10.0. The Bertz CT molecular complexity index is 963. The van der Waals surface area contributed by atoms with Gasteiger partial charge < -0.3 is 19.3 Å². The van der Waals surface area contributed by atoms with E-state index in [1.807, 2.05) is 12.1 Å². The summed E-state index contributed by atoms with van der Waals surface area (Å²) in [6.45, 7) is 2.86. The Hall–Kier alpha value is -2.92. The molecule has 2 aromatic carbocycles. The van der Waals surface area contributed by atoms with Crippen molar-refractivity contribution >= 4 is 5.69 Å². The summed E-state index contributed by atoms with van der Waals surface area (Å²) in [5.41, 5.74) is 4.83. The highest BCUT2D eigenvalue weighted by molar-refractivity contribution is 5.47. The van der Waals surface area contributed by atoms with Crippen LogP contribution >= 0.6 is 0 Å². The fraction of sp³-hybridized carbons (Fsp3) is 0.333. The third-order valence-corrected chi connectivity index (χ3v) is 5.71. The molecule has 0 amide bonds. The first-order valence-corrected chi connectivity index (χ1v) is 10.1. The SMILES string of the molecule is COc1ccc(C2c3cccn3CCCN2Cc2ccc(N(C)C)cc2)cc1O. The molecular formula is C24H29N3O2. The fourth-order valence-corrected chi connectivity index (χ4v) is 4.20. The lowest BCUT2D eigenvalue weighted by Crippen LogP contribution is -2.29. The highest BCUT2D eigenvalue weighted by Crippen LogP contribution is 2.37. The van der Waals surface area contributed by atoms with Gasteiger partial charge >= 0.3 is 0 Å². The predicted molar refractivity (Wildman–Crippen MR) is 117 cm³/mol. The van der Waals surface area contributed by atoms with Crippen LogP contribution in [0.2, 0.25) is 0 Å². The largest absolute Gasteiger partial charge is 0.504 e. The Morgan fingerprint density at radius 2 is 1.86 bits per heavy atom. The topological polar surface area (TPSA) is 40.9 Å². The third-order valence-electron chi connectivity index (χ3n) is 5.71. The maximum Gasteiger partial charge on any atom is 0.160 e. The van der Waals surface area contributed by atoms with Gasteiger partial charge in [-0.15, -0.1) is 0 Å². The molecule has 152 valence electrons. The summed E-state index contributed by atoms with van der Waals surface area (Å²) in [6, 6.07) is 18.9. The molecule has 0 bridgehead atoms. The molecule has 5 heteroatoms. The molecule has 1 unspecified atom stereocenters. The second-order valence-electron chi connectivity index (χ2n) is 7.85. The predicted octanol–water partition coefficient (Wildman–Crippen LogP) is 4.26. The van der Waals surface area contributed by atoms with E-state index < -0.39 is 0 Å². The molecule has 5 nitrogen and oxygen atoms in total. The van der Waals surface area contributed by atoms with Gasteiger partial charge in [0, 0.05) is 51.3 Å². The molecule has 0 saturated heterocycles. The molecule has 29 heavy (non-hydrogen) atoms. The quantitative estimate of drug-likeness (QED) is 0.705. The van der Waals surface area contributed by atoms with Gasteiger partial charge in [-0.25, -0.2) is 0 Å². The van der Waals surface area contributed by atoms with Crippen molar-refractivity contribution in [2.45, 2.75) is 25.6 Å². The van der Waals surface area contributed by atoms with Crippen LogP contribution in [-0.2, 0) is 13.1 Å². The van der Waals surface area contributed by atoms with Crippen molar-refractivity contribution in [2.24, 2.45) is 0 Å². The first-order valence-electron chi connectivity index (χ1n) is 10.1. The third kappa shape index (κ3) is 3.96. The Balaban J connectivity index is 1.70. The van der Waals surface area contributed by atoms with Gasteiger partial charge in [0.2, 0.25) is 0 Å². The zero-order chi connectivity index (χ0) is 20.4. The Kier molecular flexibility index (Phi) is 5.49. The van der Waals surface area contributed by atoms with Crippen LogP contribution in [0.25, 0.3) is 0 Å². The van der Waals surface area contributed by atoms with Crippen LogP contribution in [0.4, 0.5) is 5.69 Å². The average Bonchev–Trinajstić information content (AvgIpc) is 3.10. The van der Waals surface area contributed by atoms with E-state index in [9.17, 15) is 5.11 Å². The van der Waals surface area contributed by atoms with E-state index in [-0.39, 0.29) is 11.8 Å². The number of methoxy groups -OCH3 is 1. The summed E-state index contributed by atoms with van der Waals surface area (Å²) in [6.07, 6.45) is 3.25. The van der Waals surface area contributed by atoms with Crippen molar-refractivity contribution in [3.63, 3.8) is 0 Å². The first-order chi connectivity index (χ1) is 14.1. The molecule has 0 spiro atoms. The number of phenolic OH excluding ortho intramolecular Hbond substituents is 1. The molecule has 1 N–H and O–H groups in total. The van der Waals surface area contributed by atoms with E-state index in [1.54, 1.807) is 7.11 Å². The van der Waals surface area contributed by atoms with Crippen molar-refractivity contribution in [3.8, 4) is 11.5 Å². The van der Waals surface area contributed by atoms with Gasteiger partial charge in [0.15, 0.2) is 11.5 Å². The standard InChI is InChI=1S/C24H29N3O2/c1-25(2)20-10-7-18(8-11-20)17-27-15-5-14-26-13-4-6-21(26)24(27)19-9-12-23(29-3)22(28)16-19/h4,6-13,16,24,28H,5,14-15,17H2,1-3H3. The minimum atomic E-state index is 0.0813. The second-order valence-corrected chi connectivity index (χ2v) is 7.85. The Morgan fingerprint density at radius 3 is 2.55 bits per heavy atom. The molecule has 4 rings (SSSR count). The number of nitrogens with zero attached hydrogens (tertiary/aromatic N) is 3. The van der Waals surface area contributed by atoms with Gasteiger partial charge in [0.1, 0.15) is 0 Å². The number of hydrogen-bond acceptors (Lipinski definition) is 4. The molecule has 1 atom stereocenters. The van der Waals surface area contributed by atoms with Crippen LogP contribution in [0.15, 0.2) is 60.8 Å². The molecule has 0 saturated carbocycles. The summed E-state index contributed by atoms with van der Waals surface area (Å²) in [5.74, 6) is 0.686. The van der Waals surface area contributed by atoms with Crippen LogP contribution < -0.4 is 9.64 Å². The van der Waals surface area contributed by atoms with Crippen LogP contribution in [-0.4, -0.2) is 42.3 Å². The smallest absolute Gasteiger partial charge is 0.160 e. The molecule has 3 aromatic rings. The van der Waals surface area contributed by atoms with Crippen molar-refractivity contribution in [2.75, 3.05) is 32.6 Å². The summed E-state index contributed by atoms with van der Waals surface area (Å²) in [5, 5.41) is 10.4. The van der Waals surface area contributed by atoms with E-state index >= 15 is 0 Å². The highest BCUT2D eigenvalue weighted by Gasteiger charge is 2.28. The lowest BCUT2D eigenvalue weighted by Gasteiger charge is -2.31. The number of hydrogen-bond donors (Lipinski definition) is 1. The molecule has 1 aliphatic rings. The number of aryl methyl sites for hydroxylation is 1. The van der Waals surface area contributed by atoms with E-state index in [0.29, 0.717) is 5.75 Å². The van der Waals surface area contributed by atoms with Gasteiger partial charge in [-0.3, -0.25) is 4.90 Å². The number of phenols is 1. The van der Waals surface area contributed by atoms with Crippen molar-refractivity contribution in [1.29, 1.82) is 0 Å². The Labute approximate surface area is 172 Å². The normalized spacial score (nSPS) is 16.9. The van der Waals surface area contributed by atoms with Gasteiger partial charge in [-0.05, 0) is 53.9 Å². The molecule has 2 heterocycles. The molecule has 0 aliphatic carbocycles. The first kappa shape index (κ1) is 19.4. The monoisotopic (exact) mass is 391 g/mol. The summed E-state index contributed by atoms with van der Waals surface area (Å²) < 4.78 is 7.58. The minimum Gasteiger partial charge on any atom is -0.504 e. The lowest BCUT2D eigenvalue weighted by molar-refractivity contribution is 0.220. The van der Waals surface area contributed by atoms with Crippen molar-refractivity contribution < 1.29 is 9.84 Å². The number of aromatic nitrogens is 1. The number of aromatic hydroxyl groups is 1. The fourth-order valence-electron chi connectivity index (χ4n) is 4.20. The maximum absolute atomic E-state index is 10.4. The van der Waals surface area contributed by atoms with Crippen LogP contribution in [0.5, 0.6) is 11.5 Å². The molecular weight excluding hydrogens is 362 g/mol. The Morgan fingerprint density at radius 1 is 1.07 bits per heavy atom. The number of rotatable bonds is 5. The zero-order valence-corrected chi connectivity index (χ0v) is 17.4. The van der Waals surface area contributed by atoms with Crippen LogP contribution in [0.3, 0.4) is 0 Å². The number of benzene rings is 2. The molecule has 0 radical (unpaired) electrons. The van der Waals surface area contributed by atoms with Gasteiger partial charge in [-0.2, -0.15) is 0 Å². The van der Waals surface area contributed by atoms with E-state index in [1.165, 1.54) is 16.9 Å². The van der Waals surface area contributed by atoms with E-state index in [4.69, 9.17) is 4.74 Å². The molecule has 0 fully saturated rings. The van der Waals surface area contributed by atoms with Gasteiger partial charge in [-0.1, -0.05) is 18.2 Å². The van der Waals surface area contributed by atoms with E-state index in [2.05, 4.69) is 77.1 Å². The van der Waals surface area contributed by atoms with Crippen LogP contribution in [0.1, 0.15) is 29.3 Å². The summed E-state index contributed by atoms with van der Waals surface area (Å²) >= 11 is 0. The number of fused-ring (bicyclic) bond motifs is 1. The van der Waals surface area contributed by atoms with Crippen molar-refractivity contribution in [1.82, 2.24) is 9.47 Å². The minimum absolute atomic E-state index is 0.0813. The molecule has 1 aliphatic heterocycles. The average molecular weight is 392 g/mol. The summed E-state index contributed by atoms with van der Waals surface area (Å²) in [7, 11) is 5.70. The van der Waals surface area contributed by atoms with E-state index in [0.717, 1.165) is 31.6 Å². The summed E-state index contributed by atoms with van der Waals surface area (Å²) in [4.78, 5) is 4.62. The highest BCUT2D eigenvalue weighted by atomic mass is 16.5. The van der Waals surface area contributed by atoms with Gasteiger partial charge in [0.05, 0.1) is 13.2 Å². The molecule has 1 aromatic heterocycles. The second kappa shape index (κ2) is 8.21. The zero-order valence-electron chi connectivity index (χ0n) is 17.4. The number of ether oxygens (including phenoxy) is 1. The number of anilines is 1. The van der Waals surface area contributed by atoms with Crippen molar-refractivity contribution in [3.05, 3.63) is 77.6 Å². The van der Waals surface area contributed by atoms with Crippen LogP contribution in [0, 0.1) is 0 Å².